The smallest absolute Gasteiger partial charge is 0.345 e. The van der Waals surface area contributed by atoms with Crippen molar-refractivity contribution in [3.05, 3.63) is 36.0 Å². The molecule has 2 aromatic rings. The zero-order valence-electron chi connectivity index (χ0n) is 7.34. The second-order valence-corrected chi connectivity index (χ2v) is 2.95. The largest absolute Gasteiger partial charge is 0.356 e. The number of fused-ring (bicyclic) bond motifs is 1. The van der Waals surface area contributed by atoms with Crippen LogP contribution in [0.25, 0.3) is 10.9 Å². The molecule has 0 saturated carbocycles. The van der Waals surface area contributed by atoms with Gasteiger partial charge in [0, 0.05) is 11.2 Å². The van der Waals surface area contributed by atoms with Crippen molar-refractivity contribution in [3.63, 3.8) is 0 Å². The zero-order valence-corrected chi connectivity index (χ0v) is 7.34. The Morgan fingerprint density at radius 3 is 2.79 bits per heavy atom. The maximum atomic E-state index is 11.7. The second-order valence-electron chi connectivity index (χ2n) is 2.95. The van der Waals surface area contributed by atoms with Crippen LogP contribution in [0.15, 0.2) is 30.3 Å². The molecule has 1 heterocycles. The molecule has 2 rings (SSSR count). The molecule has 1 N–H and O–H groups in total. The summed E-state index contributed by atoms with van der Waals surface area (Å²) in [5.74, 6) is 0. The molecule has 0 atom stereocenters. The molecule has 14 heavy (non-hydrogen) atoms. The lowest BCUT2D eigenvalue weighted by atomic mass is 10.2. The Labute approximate surface area is 79.5 Å². The van der Waals surface area contributed by atoms with E-state index in [-0.39, 0.29) is 6.61 Å². The van der Waals surface area contributed by atoms with Crippen molar-refractivity contribution in [2.24, 2.45) is 0 Å². The van der Waals surface area contributed by atoms with Crippen LogP contribution in [-0.4, -0.2) is 11.6 Å². The van der Waals surface area contributed by atoms with E-state index in [1.165, 1.54) is 0 Å². The third-order valence-corrected chi connectivity index (χ3v) is 1.95. The molecule has 1 aromatic carbocycles. The highest BCUT2D eigenvalue weighted by Crippen LogP contribution is 2.15. The molecule has 0 saturated heterocycles. The van der Waals surface area contributed by atoms with Crippen LogP contribution >= 0.6 is 0 Å². The van der Waals surface area contributed by atoms with Gasteiger partial charge in [-0.1, -0.05) is 18.2 Å². The monoisotopic (exact) mass is 197 g/mol. The minimum Gasteiger partial charge on any atom is -0.356 e. The molecular weight excluding hydrogens is 188 g/mol. The molecule has 74 valence electrons. The van der Waals surface area contributed by atoms with E-state index in [2.05, 4.69) is 9.72 Å². The fourth-order valence-electron chi connectivity index (χ4n) is 1.36. The third kappa shape index (κ3) is 1.90. The van der Waals surface area contributed by atoms with E-state index in [0.717, 1.165) is 10.9 Å². The lowest BCUT2D eigenvalue weighted by Crippen LogP contribution is -1.98. The van der Waals surface area contributed by atoms with Gasteiger partial charge < -0.3 is 9.72 Å². The number of aromatic amines is 1. The number of rotatable bonds is 3. The standard InChI is InChI=1S/C10H9F2NO/c11-10(12)14-6-8-5-7-3-1-2-4-9(7)13-8/h1-5,10,13H,6H2. The molecule has 0 radical (unpaired) electrons. The summed E-state index contributed by atoms with van der Waals surface area (Å²) in [6.07, 6.45) is 0. The predicted molar refractivity (Wildman–Crippen MR) is 49.1 cm³/mol. The van der Waals surface area contributed by atoms with Crippen LogP contribution in [0.5, 0.6) is 0 Å². The minimum absolute atomic E-state index is 0.0909. The number of aromatic nitrogens is 1. The average molecular weight is 197 g/mol. The number of ether oxygens (including phenoxy) is 1. The van der Waals surface area contributed by atoms with E-state index >= 15 is 0 Å². The summed E-state index contributed by atoms with van der Waals surface area (Å²) in [6, 6.07) is 9.39. The number of hydrogen-bond acceptors (Lipinski definition) is 1. The van der Waals surface area contributed by atoms with E-state index < -0.39 is 6.61 Å². The van der Waals surface area contributed by atoms with Crippen molar-refractivity contribution >= 4 is 10.9 Å². The van der Waals surface area contributed by atoms with Gasteiger partial charge in [-0.05, 0) is 17.5 Å². The Bertz CT molecular complexity index is 392. The van der Waals surface area contributed by atoms with Crippen LogP contribution in [0.2, 0.25) is 0 Å². The van der Waals surface area contributed by atoms with E-state index in [4.69, 9.17) is 0 Å². The van der Waals surface area contributed by atoms with Crippen LogP contribution in [0.3, 0.4) is 0 Å². The average Bonchev–Trinajstić information content (AvgIpc) is 2.57. The number of para-hydroxylation sites is 1. The Hall–Kier alpha value is -1.42. The fourth-order valence-corrected chi connectivity index (χ4v) is 1.36. The van der Waals surface area contributed by atoms with Crippen molar-refractivity contribution in [2.75, 3.05) is 0 Å². The zero-order chi connectivity index (χ0) is 9.97. The lowest BCUT2D eigenvalue weighted by molar-refractivity contribution is -0.137. The normalized spacial score (nSPS) is 11.4. The summed E-state index contributed by atoms with van der Waals surface area (Å²) in [5, 5.41) is 1.00. The van der Waals surface area contributed by atoms with Gasteiger partial charge in [0.05, 0.1) is 6.61 Å². The van der Waals surface area contributed by atoms with Crippen LogP contribution in [-0.2, 0) is 11.3 Å². The minimum atomic E-state index is -2.72. The van der Waals surface area contributed by atoms with Gasteiger partial charge in [-0.25, -0.2) is 0 Å². The van der Waals surface area contributed by atoms with Gasteiger partial charge in [-0.15, -0.1) is 0 Å². The van der Waals surface area contributed by atoms with Gasteiger partial charge >= 0.3 is 6.61 Å². The molecule has 0 amide bonds. The molecular formula is C10H9F2NO. The van der Waals surface area contributed by atoms with Gasteiger partial charge in [0.2, 0.25) is 0 Å². The van der Waals surface area contributed by atoms with Crippen LogP contribution in [0, 0.1) is 0 Å². The van der Waals surface area contributed by atoms with Gasteiger partial charge in [0.25, 0.3) is 0 Å². The second kappa shape index (κ2) is 3.75. The summed E-state index contributed by atoms with van der Waals surface area (Å²) < 4.78 is 27.7. The first-order chi connectivity index (χ1) is 6.75. The van der Waals surface area contributed by atoms with E-state index in [9.17, 15) is 8.78 Å². The van der Waals surface area contributed by atoms with Crippen molar-refractivity contribution in [2.45, 2.75) is 13.2 Å². The van der Waals surface area contributed by atoms with Crippen molar-refractivity contribution in [1.29, 1.82) is 0 Å². The highest BCUT2D eigenvalue weighted by atomic mass is 19.3. The van der Waals surface area contributed by atoms with Crippen molar-refractivity contribution < 1.29 is 13.5 Å². The van der Waals surface area contributed by atoms with Crippen molar-refractivity contribution in [1.82, 2.24) is 4.98 Å². The number of alkyl halides is 2. The summed E-state index contributed by atoms with van der Waals surface area (Å²) in [7, 11) is 0. The molecule has 0 aliphatic carbocycles. The first kappa shape index (κ1) is 9.15. The van der Waals surface area contributed by atoms with E-state index in [0.29, 0.717) is 5.69 Å². The molecule has 2 nitrogen and oxygen atoms in total. The topological polar surface area (TPSA) is 25.0 Å². The SMILES string of the molecule is FC(F)OCc1cc2ccccc2[nH]1. The maximum absolute atomic E-state index is 11.7. The van der Waals surface area contributed by atoms with Gasteiger partial charge in [0.15, 0.2) is 0 Å². The van der Waals surface area contributed by atoms with Crippen LogP contribution in [0.4, 0.5) is 8.78 Å². The molecule has 4 heteroatoms. The summed E-state index contributed by atoms with van der Waals surface area (Å²) in [5.41, 5.74) is 1.59. The molecule has 0 bridgehead atoms. The number of H-pyrrole nitrogens is 1. The first-order valence-electron chi connectivity index (χ1n) is 4.22. The maximum Gasteiger partial charge on any atom is 0.345 e. The predicted octanol–water partition coefficient (Wildman–Crippen LogP) is 2.91. The summed E-state index contributed by atoms with van der Waals surface area (Å²) >= 11 is 0. The Morgan fingerprint density at radius 1 is 1.29 bits per heavy atom. The number of halogens is 2. The van der Waals surface area contributed by atoms with Crippen molar-refractivity contribution in [3.8, 4) is 0 Å². The summed E-state index contributed by atoms with van der Waals surface area (Å²) in [6.45, 7) is -2.81. The Kier molecular flexibility index (Phi) is 2.45. The number of hydrogen-bond donors (Lipinski definition) is 1. The molecule has 0 aliphatic heterocycles. The van der Waals surface area contributed by atoms with Gasteiger partial charge in [-0.2, -0.15) is 8.78 Å². The fraction of sp³-hybridized carbons (Fsp3) is 0.200. The third-order valence-electron chi connectivity index (χ3n) is 1.95. The first-order valence-corrected chi connectivity index (χ1v) is 4.22. The van der Waals surface area contributed by atoms with Gasteiger partial charge in [0.1, 0.15) is 0 Å². The molecule has 1 aromatic heterocycles. The number of nitrogens with one attached hydrogen (secondary N) is 1. The van der Waals surface area contributed by atoms with Crippen LogP contribution < -0.4 is 0 Å². The number of benzene rings is 1. The quantitative estimate of drug-likeness (QED) is 0.804. The lowest BCUT2D eigenvalue weighted by Gasteiger charge is -1.98. The summed E-state index contributed by atoms with van der Waals surface area (Å²) in [4.78, 5) is 2.99. The van der Waals surface area contributed by atoms with E-state index in [1.807, 2.05) is 24.3 Å². The molecule has 0 unspecified atom stereocenters. The molecule has 0 fully saturated rings. The molecule has 0 aliphatic rings. The Balaban J connectivity index is 2.19. The highest BCUT2D eigenvalue weighted by Gasteiger charge is 2.04. The Morgan fingerprint density at radius 2 is 2.07 bits per heavy atom. The molecule has 0 spiro atoms. The van der Waals surface area contributed by atoms with E-state index in [1.54, 1.807) is 6.07 Å². The van der Waals surface area contributed by atoms with Crippen LogP contribution in [0.1, 0.15) is 5.69 Å². The van der Waals surface area contributed by atoms with Gasteiger partial charge in [-0.3, -0.25) is 0 Å². The highest BCUT2D eigenvalue weighted by molar-refractivity contribution is 5.80.